The number of hydrogen-bond donors (Lipinski definition) is 0. The molecule has 0 unspecified atom stereocenters. The third-order valence-corrected chi connectivity index (χ3v) is 7.76. The van der Waals surface area contributed by atoms with Crippen molar-refractivity contribution in [2.75, 3.05) is 20.8 Å². The predicted octanol–water partition coefficient (Wildman–Crippen LogP) is 8.68. The largest absolute Gasteiger partial charge is 0.496 e. The number of benzene rings is 3. The molecule has 0 fully saturated rings. The summed E-state index contributed by atoms with van der Waals surface area (Å²) >= 11 is 0. The van der Waals surface area contributed by atoms with Gasteiger partial charge in [-0.3, -0.25) is 4.79 Å². The molecule has 40 heavy (non-hydrogen) atoms. The van der Waals surface area contributed by atoms with Crippen molar-refractivity contribution in [2.24, 2.45) is 5.10 Å². The molecule has 0 aliphatic carbocycles. The van der Waals surface area contributed by atoms with E-state index in [4.69, 9.17) is 9.47 Å². The summed E-state index contributed by atoms with van der Waals surface area (Å²) in [4.78, 5) is 13.3. The molecule has 3 aromatic carbocycles. The highest BCUT2D eigenvalue weighted by atomic mass is 16.5. The summed E-state index contributed by atoms with van der Waals surface area (Å²) in [6, 6.07) is 20.3. The van der Waals surface area contributed by atoms with Gasteiger partial charge in [0, 0.05) is 17.7 Å². The second-order valence-corrected chi connectivity index (χ2v) is 10.6. The summed E-state index contributed by atoms with van der Waals surface area (Å²) in [5.41, 5.74) is 5.91. The maximum absolute atomic E-state index is 13.3. The number of para-hydroxylation sites is 2. The molecule has 0 N–H and O–H groups in total. The summed E-state index contributed by atoms with van der Waals surface area (Å²) < 4.78 is 11.4. The molecule has 0 saturated heterocycles. The zero-order chi connectivity index (χ0) is 28.2. The van der Waals surface area contributed by atoms with Gasteiger partial charge >= 0.3 is 0 Å². The Bertz CT molecular complexity index is 1280. The molecule has 0 spiro atoms. The van der Waals surface area contributed by atoms with Gasteiger partial charge in [-0.05, 0) is 52.9 Å². The molecule has 0 aromatic heterocycles. The second kappa shape index (κ2) is 15.3. The number of rotatable bonds is 15. The smallest absolute Gasteiger partial charge is 0.247 e. The van der Waals surface area contributed by atoms with Gasteiger partial charge in [0.2, 0.25) is 5.91 Å². The number of carbonyl (C=O) groups excluding carboxylic acids is 1. The molecule has 0 atom stereocenters. The van der Waals surface area contributed by atoms with E-state index in [0.29, 0.717) is 13.0 Å². The summed E-state index contributed by atoms with van der Waals surface area (Å²) in [6.45, 7) is 2.93. The van der Waals surface area contributed by atoms with E-state index in [-0.39, 0.29) is 5.91 Å². The molecule has 1 amide bonds. The molecule has 5 nitrogen and oxygen atoms in total. The highest BCUT2D eigenvalue weighted by Crippen LogP contribution is 2.42. The number of methoxy groups -OCH3 is 2. The normalized spacial score (nSPS) is 12.8. The first-order valence-corrected chi connectivity index (χ1v) is 14.9. The van der Waals surface area contributed by atoms with E-state index in [2.05, 4.69) is 36.3 Å². The first-order chi connectivity index (χ1) is 19.7. The number of fused-ring (bicyclic) bond motifs is 1. The van der Waals surface area contributed by atoms with Gasteiger partial charge in [0.25, 0.3) is 0 Å². The molecule has 1 heterocycles. The molecule has 4 rings (SSSR count). The zero-order valence-electron chi connectivity index (χ0n) is 24.5. The SMILES string of the molecule is CCCCCCCCCCCCN1N=Cc2cc(-c3ccccc3OC)c(-c3ccccc3OC)cc2CC1=O. The van der Waals surface area contributed by atoms with E-state index in [1.807, 2.05) is 42.6 Å². The highest BCUT2D eigenvalue weighted by molar-refractivity contribution is 5.96. The summed E-state index contributed by atoms with van der Waals surface area (Å²) in [7, 11) is 3.38. The van der Waals surface area contributed by atoms with E-state index < -0.39 is 0 Å². The van der Waals surface area contributed by atoms with Crippen LogP contribution in [0.5, 0.6) is 11.5 Å². The Morgan fingerprint density at radius 2 is 1.23 bits per heavy atom. The fourth-order valence-electron chi connectivity index (χ4n) is 5.50. The fourth-order valence-corrected chi connectivity index (χ4v) is 5.50. The van der Waals surface area contributed by atoms with Crippen molar-refractivity contribution < 1.29 is 14.3 Å². The van der Waals surface area contributed by atoms with Gasteiger partial charge in [0.05, 0.1) is 26.9 Å². The quantitative estimate of drug-likeness (QED) is 0.181. The maximum atomic E-state index is 13.3. The zero-order valence-corrected chi connectivity index (χ0v) is 24.5. The third kappa shape index (κ3) is 7.53. The number of amides is 1. The van der Waals surface area contributed by atoms with Crippen molar-refractivity contribution in [3.05, 3.63) is 71.8 Å². The number of hydrogen-bond acceptors (Lipinski definition) is 4. The van der Waals surface area contributed by atoms with Gasteiger partial charge in [-0.1, -0.05) is 101 Å². The number of carbonyl (C=O) groups is 1. The summed E-state index contributed by atoms with van der Waals surface area (Å²) in [5.74, 6) is 1.62. The Hall–Kier alpha value is -3.60. The Morgan fingerprint density at radius 1 is 0.700 bits per heavy atom. The molecule has 5 heteroatoms. The predicted molar refractivity (Wildman–Crippen MR) is 165 cm³/mol. The Kier molecular flexibility index (Phi) is 11.2. The molecule has 3 aromatic rings. The molecular weight excluding hydrogens is 496 g/mol. The maximum Gasteiger partial charge on any atom is 0.247 e. The van der Waals surface area contributed by atoms with Crippen LogP contribution in [0.2, 0.25) is 0 Å². The van der Waals surface area contributed by atoms with Gasteiger partial charge in [-0.25, -0.2) is 5.01 Å². The Labute approximate surface area is 240 Å². The average Bonchev–Trinajstić information content (AvgIpc) is 3.14. The van der Waals surface area contributed by atoms with Crippen molar-refractivity contribution in [1.82, 2.24) is 5.01 Å². The first-order valence-electron chi connectivity index (χ1n) is 14.9. The van der Waals surface area contributed by atoms with Crippen molar-refractivity contribution >= 4 is 12.1 Å². The molecule has 1 aliphatic rings. The second-order valence-electron chi connectivity index (χ2n) is 10.6. The van der Waals surface area contributed by atoms with Gasteiger partial charge in [-0.15, -0.1) is 0 Å². The minimum absolute atomic E-state index is 0.0435. The van der Waals surface area contributed by atoms with Crippen LogP contribution in [-0.2, 0) is 11.2 Å². The van der Waals surface area contributed by atoms with Crippen LogP contribution in [0.15, 0.2) is 65.8 Å². The van der Waals surface area contributed by atoms with Crippen LogP contribution in [0.3, 0.4) is 0 Å². The lowest BCUT2D eigenvalue weighted by Gasteiger charge is -2.18. The Morgan fingerprint density at radius 3 is 1.80 bits per heavy atom. The van der Waals surface area contributed by atoms with E-state index >= 15 is 0 Å². The number of nitrogens with zero attached hydrogens (tertiary/aromatic N) is 2. The van der Waals surface area contributed by atoms with Crippen molar-refractivity contribution in [3.8, 4) is 33.8 Å². The summed E-state index contributed by atoms with van der Waals surface area (Å²) in [6.07, 6.45) is 14.9. The number of unbranched alkanes of at least 4 members (excludes halogenated alkanes) is 9. The van der Waals surface area contributed by atoms with Gasteiger partial charge in [0.15, 0.2) is 0 Å². The Balaban J connectivity index is 1.50. The minimum Gasteiger partial charge on any atom is -0.496 e. The van der Waals surface area contributed by atoms with Crippen LogP contribution in [0.25, 0.3) is 22.3 Å². The lowest BCUT2D eigenvalue weighted by atomic mass is 9.88. The lowest BCUT2D eigenvalue weighted by Crippen LogP contribution is -2.27. The topological polar surface area (TPSA) is 51.1 Å². The third-order valence-electron chi connectivity index (χ3n) is 7.76. The van der Waals surface area contributed by atoms with Crippen LogP contribution in [-0.4, -0.2) is 37.9 Å². The monoisotopic (exact) mass is 540 g/mol. The van der Waals surface area contributed by atoms with Crippen molar-refractivity contribution in [2.45, 2.75) is 77.6 Å². The van der Waals surface area contributed by atoms with Gasteiger partial charge in [0.1, 0.15) is 11.5 Å². The van der Waals surface area contributed by atoms with E-state index in [9.17, 15) is 4.79 Å². The van der Waals surface area contributed by atoms with Crippen LogP contribution in [0, 0.1) is 0 Å². The fraction of sp³-hybridized carbons (Fsp3) is 0.429. The number of hydrazone groups is 1. The van der Waals surface area contributed by atoms with Gasteiger partial charge < -0.3 is 9.47 Å². The van der Waals surface area contributed by atoms with Crippen LogP contribution < -0.4 is 9.47 Å². The van der Waals surface area contributed by atoms with Crippen molar-refractivity contribution in [1.29, 1.82) is 0 Å². The number of ether oxygens (including phenoxy) is 2. The first kappa shape index (κ1) is 29.4. The van der Waals surface area contributed by atoms with Crippen LogP contribution in [0.4, 0.5) is 0 Å². The molecular formula is C35H44N2O3. The molecule has 1 aliphatic heterocycles. The molecule has 0 saturated carbocycles. The van der Waals surface area contributed by atoms with Crippen LogP contribution in [0.1, 0.15) is 82.3 Å². The average molecular weight is 541 g/mol. The summed E-state index contributed by atoms with van der Waals surface area (Å²) in [5, 5.41) is 6.30. The van der Waals surface area contributed by atoms with Gasteiger partial charge in [-0.2, -0.15) is 5.10 Å². The van der Waals surface area contributed by atoms with Crippen molar-refractivity contribution in [3.63, 3.8) is 0 Å². The van der Waals surface area contributed by atoms with Crippen LogP contribution >= 0.6 is 0 Å². The van der Waals surface area contributed by atoms with E-state index in [0.717, 1.165) is 57.7 Å². The lowest BCUT2D eigenvalue weighted by molar-refractivity contribution is -0.130. The van der Waals surface area contributed by atoms with E-state index in [1.54, 1.807) is 19.2 Å². The minimum atomic E-state index is 0.0435. The molecule has 0 radical (unpaired) electrons. The highest BCUT2D eigenvalue weighted by Gasteiger charge is 2.22. The standard InChI is InChI=1S/C35H44N2O3/c1-4-5-6-7-8-9-10-11-12-17-22-37-35(38)25-27-23-31(29-18-13-15-20-33(29)39-2)32(24-28(27)26-36-37)30-19-14-16-21-34(30)40-3/h13-16,18-21,23-24,26H,4-12,17,22,25H2,1-3H3. The molecule has 0 bridgehead atoms. The van der Waals surface area contributed by atoms with E-state index in [1.165, 1.54) is 51.4 Å². The molecule has 212 valence electrons.